The van der Waals surface area contributed by atoms with E-state index in [1.807, 2.05) is 37.7 Å². The Labute approximate surface area is 142 Å². The van der Waals surface area contributed by atoms with Crippen LogP contribution < -0.4 is 5.32 Å². The second-order valence-electron chi connectivity index (χ2n) is 6.57. The van der Waals surface area contributed by atoms with E-state index in [2.05, 4.69) is 10.3 Å². The topological polar surface area (TPSA) is 68.7 Å². The minimum absolute atomic E-state index is 0.0401. The number of likely N-dealkylation sites (N-methyl/N-ethyl adjacent to an activating group) is 1. The number of amides is 1. The summed E-state index contributed by atoms with van der Waals surface area (Å²) in [6.45, 7) is 6.62. The van der Waals surface area contributed by atoms with Gasteiger partial charge in [0.1, 0.15) is 4.88 Å². The average molecular weight is 340 g/mol. The molecule has 1 amide bonds. The molecule has 0 aliphatic carbocycles. The van der Waals surface area contributed by atoms with Gasteiger partial charge in [-0.3, -0.25) is 4.79 Å². The summed E-state index contributed by atoms with van der Waals surface area (Å²) in [5.74, 6) is 0.0401. The Balaban J connectivity index is 2.06. The molecule has 0 aromatic carbocycles. The first kappa shape index (κ1) is 18.2. The van der Waals surface area contributed by atoms with Crippen LogP contribution in [-0.2, 0) is 0 Å². The third-order valence-corrected chi connectivity index (χ3v) is 5.24. The van der Waals surface area contributed by atoms with Gasteiger partial charge < -0.3 is 20.2 Å². The van der Waals surface area contributed by atoms with Crippen LogP contribution in [0.5, 0.6) is 0 Å². The van der Waals surface area contributed by atoms with Gasteiger partial charge in [-0.15, -0.1) is 0 Å². The molecule has 0 radical (unpaired) electrons. The number of nitrogens with zero attached hydrogens (tertiary/aromatic N) is 3. The molecule has 0 bridgehead atoms. The number of anilines is 1. The molecule has 1 aromatic rings. The first-order valence-corrected chi connectivity index (χ1v) is 9.04. The second-order valence-corrected chi connectivity index (χ2v) is 7.57. The maximum absolute atomic E-state index is 12.8. The fourth-order valence-electron chi connectivity index (χ4n) is 3.09. The summed E-state index contributed by atoms with van der Waals surface area (Å²) in [5.41, 5.74) is 0.0830. The van der Waals surface area contributed by atoms with E-state index in [0.29, 0.717) is 30.9 Å². The van der Waals surface area contributed by atoms with Crippen LogP contribution in [0.2, 0.25) is 0 Å². The summed E-state index contributed by atoms with van der Waals surface area (Å²) in [6, 6.07) is 0. The number of nitrogens with one attached hydrogen (secondary N) is 1. The molecule has 1 aromatic heterocycles. The van der Waals surface area contributed by atoms with E-state index in [1.54, 1.807) is 0 Å². The van der Waals surface area contributed by atoms with Gasteiger partial charge in [-0.1, -0.05) is 11.3 Å². The molecular formula is C16H28N4O2S. The molecule has 7 heteroatoms. The summed E-state index contributed by atoms with van der Waals surface area (Å²) in [6.07, 6.45) is 2.18. The van der Waals surface area contributed by atoms with Crippen molar-refractivity contribution in [1.29, 1.82) is 0 Å². The molecule has 130 valence electrons. The highest BCUT2D eigenvalue weighted by Gasteiger charge is 2.33. The van der Waals surface area contributed by atoms with Crippen molar-refractivity contribution < 1.29 is 9.90 Å². The van der Waals surface area contributed by atoms with Crippen molar-refractivity contribution in [3.63, 3.8) is 0 Å². The summed E-state index contributed by atoms with van der Waals surface area (Å²) in [5, 5.41) is 14.7. The van der Waals surface area contributed by atoms with Crippen molar-refractivity contribution in [3.8, 4) is 0 Å². The number of aryl methyl sites for hydroxylation is 1. The molecule has 0 spiro atoms. The number of rotatable bonds is 5. The van der Waals surface area contributed by atoms with Crippen LogP contribution in [0, 0.1) is 6.92 Å². The molecule has 2 heterocycles. The lowest BCUT2D eigenvalue weighted by Crippen LogP contribution is -2.41. The number of carbonyl (C=O) groups is 1. The lowest BCUT2D eigenvalue weighted by atomic mass is 9.94. The summed E-state index contributed by atoms with van der Waals surface area (Å²) in [7, 11) is 3.93. The highest BCUT2D eigenvalue weighted by molar-refractivity contribution is 7.17. The minimum Gasteiger partial charge on any atom is -0.388 e. The van der Waals surface area contributed by atoms with E-state index in [0.717, 1.165) is 30.2 Å². The molecular weight excluding hydrogens is 312 g/mol. The maximum atomic E-state index is 12.8. The molecule has 1 aliphatic heterocycles. The van der Waals surface area contributed by atoms with Crippen molar-refractivity contribution in [2.75, 3.05) is 45.6 Å². The van der Waals surface area contributed by atoms with E-state index in [1.165, 1.54) is 11.3 Å². The predicted molar refractivity (Wildman–Crippen MR) is 94.3 cm³/mol. The summed E-state index contributed by atoms with van der Waals surface area (Å²) < 4.78 is 0. The average Bonchev–Trinajstić information content (AvgIpc) is 2.71. The zero-order valence-electron chi connectivity index (χ0n) is 14.6. The number of aliphatic hydroxyl groups is 1. The van der Waals surface area contributed by atoms with E-state index < -0.39 is 5.60 Å². The number of hydrogen-bond acceptors (Lipinski definition) is 6. The van der Waals surface area contributed by atoms with E-state index in [9.17, 15) is 9.90 Å². The van der Waals surface area contributed by atoms with Crippen molar-refractivity contribution in [1.82, 2.24) is 14.8 Å². The van der Waals surface area contributed by atoms with Gasteiger partial charge in [-0.25, -0.2) is 4.98 Å². The van der Waals surface area contributed by atoms with Crippen molar-refractivity contribution in [2.45, 2.75) is 38.7 Å². The summed E-state index contributed by atoms with van der Waals surface area (Å²) in [4.78, 5) is 21.8. The van der Waals surface area contributed by atoms with Crippen LogP contribution >= 0.6 is 11.3 Å². The number of hydrogen-bond donors (Lipinski definition) is 2. The Morgan fingerprint density at radius 3 is 2.83 bits per heavy atom. The quantitative estimate of drug-likeness (QED) is 0.855. The molecule has 1 aliphatic rings. The fourth-order valence-corrected chi connectivity index (χ4v) is 4.10. The third-order valence-electron chi connectivity index (χ3n) is 4.13. The molecule has 0 saturated carbocycles. The van der Waals surface area contributed by atoms with Gasteiger partial charge in [0.2, 0.25) is 0 Å². The van der Waals surface area contributed by atoms with E-state index in [4.69, 9.17) is 0 Å². The molecule has 23 heavy (non-hydrogen) atoms. The Morgan fingerprint density at radius 2 is 2.17 bits per heavy atom. The normalized spacial score (nSPS) is 22.3. The van der Waals surface area contributed by atoms with Gasteiger partial charge in [0, 0.05) is 26.2 Å². The van der Waals surface area contributed by atoms with Crippen LogP contribution in [0.25, 0.3) is 0 Å². The molecule has 2 rings (SSSR count). The molecule has 6 nitrogen and oxygen atoms in total. The maximum Gasteiger partial charge on any atom is 0.265 e. The Bertz CT molecular complexity index is 546. The second kappa shape index (κ2) is 7.59. The lowest BCUT2D eigenvalue weighted by molar-refractivity contribution is 0.00306. The van der Waals surface area contributed by atoms with Crippen molar-refractivity contribution in [3.05, 3.63) is 10.6 Å². The number of likely N-dealkylation sites (tertiary alicyclic amines) is 1. The lowest BCUT2D eigenvalue weighted by Gasteiger charge is -2.29. The van der Waals surface area contributed by atoms with Crippen molar-refractivity contribution >= 4 is 22.4 Å². The van der Waals surface area contributed by atoms with E-state index >= 15 is 0 Å². The van der Waals surface area contributed by atoms with Crippen molar-refractivity contribution in [2.24, 2.45) is 0 Å². The molecule has 1 saturated heterocycles. The van der Waals surface area contributed by atoms with Gasteiger partial charge >= 0.3 is 0 Å². The number of thiazole rings is 1. The Morgan fingerprint density at radius 1 is 1.43 bits per heavy atom. The molecule has 1 unspecified atom stereocenters. The highest BCUT2D eigenvalue weighted by Crippen LogP contribution is 2.27. The van der Waals surface area contributed by atoms with Crippen LogP contribution in [-0.4, -0.2) is 71.7 Å². The first-order chi connectivity index (χ1) is 10.8. The molecule has 1 fully saturated rings. The largest absolute Gasteiger partial charge is 0.388 e. The zero-order valence-corrected chi connectivity index (χ0v) is 15.4. The fraction of sp³-hybridized carbons (Fsp3) is 0.750. The highest BCUT2D eigenvalue weighted by atomic mass is 32.1. The standard InChI is InChI=1S/C16H28N4O2S/c1-5-17-15-18-12(2)13(23-15)14(21)20-9-6-7-16(22,8-10-20)11-19(3)4/h22H,5-11H2,1-4H3,(H,17,18). The van der Waals surface area contributed by atoms with E-state index in [-0.39, 0.29) is 5.91 Å². The Kier molecular flexibility index (Phi) is 6.00. The van der Waals surface area contributed by atoms with Crippen LogP contribution in [0.3, 0.4) is 0 Å². The smallest absolute Gasteiger partial charge is 0.265 e. The predicted octanol–water partition coefficient (Wildman–Crippen LogP) is 1.80. The SMILES string of the molecule is CCNc1nc(C)c(C(=O)N2CCCC(O)(CN(C)C)CC2)s1. The number of aromatic nitrogens is 1. The zero-order chi connectivity index (χ0) is 17.0. The third kappa shape index (κ3) is 4.65. The van der Waals surface area contributed by atoms with Gasteiger partial charge in [0.25, 0.3) is 5.91 Å². The van der Waals surface area contributed by atoms with Gasteiger partial charge in [-0.05, 0) is 47.2 Å². The van der Waals surface area contributed by atoms with Crippen LogP contribution in [0.15, 0.2) is 0 Å². The van der Waals surface area contributed by atoms with Crippen LogP contribution in [0.1, 0.15) is 41.6 Å². The summed E-state index contributed by atoms with van der Waals surface area (Å²) >= 11 is 1.42. The Hall–Kier alpha value is -1.18. The van der Waals surface area contributed by atoms with Gasteiger partial charge in [0.05, 0.1) is 11.3 Å². The minimum atomic E-state index is -0.698. The van der Waals surface area contributed by atoms with Crippen LogP contribution in [0.4, 0.5) is 5.13 Å². The van der Waals surface area contributed by atoms with Gasteiger partial charge in [0.15, 0.2) is 5.13 Å². The molecule has 2 N–H and O–H groups in total. The monoisotopic (exact) mass is 340 g/mol. The number of carbonyl (C=O) groups excluding carboxylic acids is 1. The molecule has 1 atom stereocenters. The van der Waals surface area contributed by atoms with Gasteiger partial charge in [-0.2, -0.15) is 0 Å². The first-order valence-electron chi connectivity index (χ1n) is 8.22.